The Morgan fingerprint density at radius 3 is 2.35 bits per heavy atom. The van der Waals surface area contributed by atoms with Crippen molar-refractivity contribution >= 4 is 17.4 Å². The van der Waals surface area contributed by atoms with Crippen molar-refractivity contribution in [1.29, 1.82) is 0 Å². The maximum absolute atomic E-state index is 11.8. The lowest BCUT2D eigenvalue weighted by molar-refractivity contribution is -0.123. The van der Waals surface area contributed by atoms with Crippen LogP contribution < -0.4 is 5.32 Å². The predicted octanol–water partition coefficient (Wildman–Crippen LogP) is 1.97. The molecule has 92 valence electrons. The number of Topliss-reactive ketones (excluding diaryl/α,β-unsaturated/α-hetero) is 1. The van der Waals surface area contributed by atoms with Gasteiger partial charge in [0.15, 0.2) is 5.78 Å². The number of carbonyl (C=O) groups is 2. The molecule has 1 rings (SSSR count). The van der Waals surface area contributed by atoms with Gasteiger partial charge in [0.1, 0.15) is 5.75 Å². The Balaban J connectivity index is 3.12. The Hall–Kier alpha value is -1.91. The van der Waals surface area contributed by atoms with Gasteiger partial charge >= 0.3 is 0 Å². The average Bonchev–Trinajstić information content (AvgIpc) is 2.15. The van der Waals surface area contributed by atoms with Gasteiger partial charge in [0.25, 0.3) is 0 Å². The molecule has 1 heterocycles. The summed E-state index contributed by atoms with van der Waals surface area (Å²) in [5, 5.41) is 12.1. The van der Waals surface area contributed by atoms with Crippen LogP contribution >= 0.6 is 0 Å². The topological polar surface area (TPSA) is 79.3 Å². The summed E-state index contributed by atoms with van der Waals surface area (Å²) in [6, 6.07) is 0. The number of aromatic hydroxyl groups is 1. The first-order valence-corrected chi connectivity index (χ1v) is 5.23. The number of pyridine rings is 1. The molecule has 0 radical (unpaired) electrons. The van der Waals surface area contributed by atoms with E-state index >= 15 is 0 Å². The summed E-state index contributed by atoms with van der Waals surface area (Å²) in [5.74, 6) is -0.800. The minimum Gasteiger partial charge on any atom is -0.505 e. The smallest absolute Gasteiger partial charge is 0.229 e. The average molecular weight is 236 g/mol. The number of nitrogens with one attached hydrogen (secondary N) is 1. The lowest BCUT2D eigenvalue weighted by atomic mass is 9.95. The van der Waals surface area contributed by atoms with Gasteiger partial charge in [0, 0.05) is 5.41 Å². The van der Waals surface area contributed by atoms with E-state index in [1.54, 1.807) is 20.8 Å². The second kappa shape index (κ2) is 4.53. The molecule has 5 heteroatoms. The molecule has 0 saturated carbocycles. The maximum atomic E-state index is 11.8. The van der Waals surface area contributed by atoms with E-state index in [0.717, 1.165) is 0 Å². The lowest BCUT2D eigenvalue weighted by Gasteiger charge is -2.18. The fourth-order valence-corrected chi connectivity index (χ4v) is 1.22. The summed E-state index contributed by atoms with van der Waals surface area (Å²) in [7, 11) is 0. The van der Waals surface area contributed by atoms with Crippen molar-refractivity contribution < 1.29 is 14.7 Å². The summed E-state index contributed by atoms with van der Waals surface area (Å²) >= 11 is 0. The number of amides is 1. The third-order valence-corrected chi connectivity index (χ3v) is 2.21. The molecule has 0 aliphatic rings. The van der Waals surface area contributed by atoms with Crippen LogP contribution in [0, 0.1) is 5.41 Å². The quantitative estimate of drug-likeness (QED) is 0.769. The third-order valence-electron chi connectivity index (χ3n) is 2.21. The van der Waals surface area contributed by atoms with Crippen LogP contribution in [0.15, 0.2) is 12.4 Å². The van der Waals surface area contributed by atoms with Crippen LogP contribution in [0.2, 0.25) is 0 Å². The fourth-order valence-electron chi connectivity index (χ4n) is 1.22. The summed E-state index contributed by atoms with van der Waals surface area (Å²) in [5.41, 5.74) is -0.269. The molecule has 0 aromatic carbocycles. The predicted molar refractivity (Wildman–Crippen MR) is 64.0 cm³/mol. The van der Waals surface area contributed by atoms with Gasteiger partial charge in [-0.05, 0) is 6.92 Å². The maximum Gasteiger partial charge on any atom is 0.229 e. The number of ketones is 1. The Morgan fingerprint density at radius 2 is 1.88 bits per heavy atom. The van der Waals surface area contributed by atoms with Crippen LogP contribution in [0.5, 0.6) is 5.75 Å². The molecule has 0 atom stereocenters. The molecule has 17 heavy (non-hydrogen) atoms. The van der Waals surface area contributed by atoms with Gasteiger partial charge < -0.3 is 10.4 Å². The van der Waals surface area contributed by atoms with Gasteiger partial charge in [-0.25, -0.2) is 0 Å². The number of nitrogens with zero attached hydrogens (tertiary/aromatic N) is 1. The summed E-state index contributed by atoms with van der Waals surface area (Å²) in [4.78, 5) is 26.9. The number of aromatic nitrogens is 1. The van der Waals surface area contributed by atoms with Crippen molar-refractivity contribution in [2.75, 3.05) is 5.32 Å². The van der Waals surface area contributed by atoms with E-state index in [4.69, 9.17) is 0 Å². The van der Waals surface area contributed by atoms with Gasteiger partial charge in [0.05, 0.1) is 23.6 Å². The molecule has 0 aliphatic carbocycles. The highest BCUT2D eigenvalue weighted by Gasteiger charge is 2.23. The van der Waals surface area contributed by atoms with Crippen molar-refractivity contribution in [2.24, 2.45) is 5.41 Å². The van der Waals surface area contributed by atoms with Gasteiger partial charge in [0.2, 0.25) is 5.91 Å². The van der Waals surface area contributed by atoms with Gasteiger partial charge in [-0.1, -0.05) is 20.8 Å². The van der Waals surface area contributed by atoms with Crippen molar-refractivity contribution in [3.63, 3.8) is 0 Å². The van der Waals surface area contributed by atoms with E-state index in [2.05, 4.69) is 10.3 Å². The molecule has 0 spiro atoms. The first kappa shape index (κ1) is 13.2. The van der Waals surface area contributed by atoms with Crippen LogP contribution in [0.25, 0.3) is 0 Å². The lowest BCUT2D eigenvalue weighted by Crippen LogP contribution is -2.28. The van der Waals surface area contributed by atoms with E-state index in [9.17, 15) is 14.7 Å². The second-order valence-corrected chi connectivity index (χ2v) is 4.84. The van der Waals surface area contributed by atoms with Crippen LogP contribution in [-0.4, -0.2) is 21.8 Å². The Bertz CT molecular complexity index is 461. The molecule has 0 saturated heterocycles. The van der Waals surface area contributed by atoms with Crippen molar-refractivity contribution in [3.05, 3.63) is 18.0 Å². The summed E-state index contributed by atoms with van der Waals surface area (Å²) in [6.45, 7) is 6.59. The Labute approximate surface area is 99.9 Å². The highest BCUT2D eigenvalue weighted by Crippen LogP contribution is 2.26. The zero-order valence-corrected chi connectivity index (χ0v) is 10.4. The highest BCUT2D eigenvalue weighted by atomic mass is 16.3. The van der Waals surface area contributed by atoms with E-state index in [0.29, 0.717) is 0 Å². The largest absolute Gasteiger partial charge is 0.505 e. The van der Waals surface area contributed by atoms with Crippen LogP contribution in [-0.2, 0) is 4.79 Å². The first-order valence-electron chi connectivity index (χ1n) is 5.23. The van der Waals surface area contributed by atoms with Gasteiger partial charge in [-0.2, -0.15) is 0 Å². The van der Waals surface area contributed by atoms with E-state index in [-0.39, 0.29) is 28.7 Å². The number of hydrogen-bond donors (Lipinski definition) is 2. The fraction of sp³-hybridized carbons (Fsp3) is 0.417. The van der Waals surface area contributed by atoms with Gasteiger partial charge in [-0.3, -0.25) is 14.6 Å². The first-order chi connectivity index (χ1) is 7.73. The molecule has 5 nitrogen and oxygen atoms in total. The summed E-state index contributed by atoms with van der Waals surface area (Å²) in [6.07, 6.45) is 2.52. The molecule has 0 unspecified atom stereocenters. The molecular formula is C12H16N2O3. The van der Waals surface area contributed by atoms with Crippen LogP contribution in [0.4, 0.5) is 5.69 Å². The van der Waals surface area contributed by atoms with Crippen LogP contribution in [0.1, 0.15) is 38.1 Å². The monoisotopic (exact) mass is 236 g/mol. The number of rotatable bonds is 2. The van der Waals surface area contributed by atoms with Crippen molar-refractivity contribution in [2.45, 2.75) is 27.7 Å². The van der Waals surface area contributed by atoms with E-state index in [1.807, 2.05) is 0 Å². The minimum absolute atomic E-state index is 0.0811. The Morgan fingerprint density at radius 1 is 1.29 bits per heavy atom. The highest BCUT2D eigenvalue weighted by molar-refractivity contribution is 6.06. The number of hydrogen-bond acceptors (Lipinski definition) is 4. The zero-order valence-electron chi connectivity index (χ0n) is 10.4. The number of anilines is 1. The minimum atomic E-state index is -0.584. The normalized spacial score (nSPS) is 11.1. The Kier molecular flexibility index (Phi) is 3.50. The molecule has 0 fully saturated rings. The second-order valence-electron chi connectivity index (χ2n) is 4.84. The zero-order chi connectivity index (χ0) is 13.2. The summed E-state index contributed by atoms with van der Waals surface area (Å²) < 4.78 is 0. The van der Waals surface area contributed by atoms with E-state index < -0.39 is 5.41 Å². The molecule has 2 N–H and O–H groups in total. The molecule has 1 amide bonds. The van der Waals surface area contributed by atoms with Crippen molar-refractivity contribution in [1.82, 2.24) is 4.98 Å². The molecule has 1 aromatic heterocycles. The standard InChI is InChI=1S/C12H16N2O3/c1-7(15)10-8(5-13-6-9(10)16)14-11(17)12(2,3)4/h5-6,16H,1-4H3,(H,14,17). The SMILES string of the molecule is CC(=O)c1c(O)cncc1NC(=O)C(C)(C)C. The van der Waals surface area contributed by atoms with Crippen LogP contribution in [0.3, 0.4) is 0 Å². The molecule has 1 aromatic rings. The number of carbonyl (C=O) groups excluding carboxylic acids is 2. The molecule has 0 aliphatic heterocycles. The molecule has 0 bridgehead atoms. The van der Waals surface area contributed by atoms with Crippen molar-refractivity contribution in [3.8, 4) is 5.75 Å². The third kappa shape index (κ3) is 3.03. The van der Waals surface area contributed by atoms with E-state index in [1.165, 1.54) is 19.3 Å². The van der Waals surface area contributed by atoms with Gasteiger partial charge in [-0.15, -0.1) is 0 Å². The molecular weight excluding hydrogens is 220 g/mol.